The van der Waals surface area contributed by atoms with E-state index in [1.807, 2.05) is 13.8 Å². The predicted molar refractivity (Wildman–Crippen MR) is 80.1 cm³/mol. The minimum Gasteiger partial charge on any atom is -0.478 e. The van der Waals surface area contributed by atoms with Crippen LogP contribution in [0.2, 0.25) is 5.02 Å². The zero-order valence-electron chi connectivity index (χ0n) is 11.6. The molecule has 0 bridgehead atoms. The number of carboxylic acid groups (broad SMARTS) is 1. The van der Waals surface area contributed by atoms with E-state index in [1.54, 1.807) is 12.3 Å². The molecule has 0 unspecified atom stereocenters. The van der Waals surface area contributed by atoms with Crippen molar-refractivity contribution >= 4 is 29.5 Å². The maximum Gasteiger partial charge on any atom is 0.328 e. The van der Waals surface area contributed by atoms with Gasteiger partial charge in [-0.1, -0.05) is 11.6 Å². The van der Waals surface area contributed by atoms with E-state index < -0.39 is 5.97 Å². The molecule has 0 fully saturated rings. The number of anilines is 1. The van der Waals surface area contributed by atoms with Gasteiger partial charge in [-0.05, 0) is 38.0 Å². The molecular formula is C14H19ClN2O3. The minimum atomic E-state index is -1.01. The van der Waals surface area contributed by atoms with E-state index in [-0.39, 0.29) is 6.10 Å². The quantitative estimate of drug-likeness (QED) is 0.570. The largest absolute Gasteiger partial charge is 0.478 e. The van der Waals surface area contributed by atoms with Crippen molar-refractivity contribution < 1.29 is 14.6 Å². The molecule has 0 spiro atoms. The number of pyridine rings is 1. The summed E-state index contributed by atoms with van der Waals surface area (Å²) in [6.07, 6.45) is 5.15. The second kappa shape index (κ2) is 8.55. The zero-order chi connectivity index (χ0) is 15.0. The maximum atomic E-state index is 10.4. The van der Waals surface area contributed by atoms with Crippen LogP contribution in [0.5, 0.6) is 0 Å². The van der Waals surface area contributed by atoms with Gasteiger partial charge in [0.2, 0.25) is 0 Å². The average Bonchev–Trinajstić information content (AvgIpc) is 2.37. The molecule has 0 aromatic carbocycles. The number of nitrogens with zero attached hydrogens (tertiary/aromatic N) is 1. The number of aliphatic carboxylic acids is 1. The van der Waals surface area contributed by atoms with Crippen molar-refractivity contribution in [2.24, 2.45) is 0 Å². The van der Waals surface area contributed by atoms with Crippen molar-refractivity contribution in [3.63, 3.8) is 0 Å². The Morgan fingerprint density at radius 1 is 1.60 bits per heavy atom. The van der Waals surface area contributed by atoms with Gasteiger partial charge in [0.15, 0.2) is 0 Å². The highest BCUT2D eigenvalue weighted by atomic mass is 35.5. The van der Waals surface area contributed by atoms with Gasteiger partial charge in [-0.2, -0.15) is 0 Å². The number of carbonyl (C=O) groups is 1. The van der Waals surface area contributed by atoms with E-state index in [0.29, 0.717) is 29.6 Å². The van der Waals surface area contributed by atoms with Crippen LogP contribution in [-0.2, 0) is 9.53 Å². The van der Waals surface area contributed by atoms with Crippen LogP contribution in [0.15, 0.2) is 18.3 Å². The highest BCUT2D eigenvalue weighted by molar-refractivity contribution is 6.33. The van der Waals surface area contributed by atoms with Crippen molar-refractivity contribution in [2.75, 3.05) is 18.5 Å². The van der Waals surface area contributed by atoms with Gasteiger partial charge in [-0.25, -0.2) is 9.78 Å². The van der Waals surface area contributed by atoms with E-state index in [9.17, 15) is 4.79 Å². The molecule has 0 aliphatic rings. The summed E-state index contributed by atoms with van der Waals surface area (Å²) < 4.78 is 5.43. The number of rotatable bonds is 8. The second-order valence-corrected chi connectivity index (χ2v) is 4.88. The fourth-order valence-corrected chi connectivity index (χ4v) is 1.68. The molecule has 0 radical (unpaired) electrons. The third kappa shape index (κ3) is 6.54. The standard InChI is InChI=1S/C14H19ClN2O3/c1-10(2)20-7-3-6-16-14-12(15)8-11(9-17-14)4-5-13(18)19/h4-5,8-10H,3,6-7H2,1-2H3,(H,16,17)(H,18,19). The van der Waals surface area contributed by atoms with Gasteiger partial charge in [0, 0.05) is 25.4 Å². The fraction of sp³-hybridized carbons (Fsp3) is 0.429. The van der Waals surface area contributed by atoms with Gasteiger partial charge >= 0.3 is 5.97 Å². The summed E-state index contributed by atoms with van der Waals surface area (Å²) in [7, 11) is 0. The van der Waals surface area contributed by atoms with Gasteiger partial charge < -0.3 is 15.2 Å². The Kier molecular flexibility index (Phi) is 7.04. The van der Waals surface area contributed by atoms with Gasteiger partial charge in [-0.3, -0.25) is 0 Å². The Hall–Kier alpha value is -1.59. The van der Waals surface area contributed by atoms with Crippen molar-refractivity contribution in [2.45, 2.75) is 26.4 Å². The molecule has 0 saturated carbocycles. The lowest BCUT2D eigenvalue weighted by atomic mass is 10.2. The molecule has 0 amide bonds. The SMILES string of the molecule is CC(C)OCCCNc1ncc(C=CC(=O)O)cc1Cl. The first kappa shape index (κ1) is 16.5. The molecule has 5 nitrogen and oxygen atoms in total. The highest BCUT2D eigenvalue weighted by Gasteiger charge is 2.02. The Morgan fingerprint density at radius 3 is 2.95 bits per heavy atom. The van der Waals surface area contributed by atoms with E-state index in [1.165, 1.54) is 6.08 Å². The first-order valence-corrected chi connectivity index (χ1v) is 6.79. The van der Waals surface area contributed by atoms with E-state index >= 15 is 0 Å². The molecule has 1 heterocycles. The molecule has 110 valence electrons. The third-order valence-electron chi connectivity index (χ3n) is 2.35. The van der Waals surface area contributed by atoms with Crippen LogP contribution < -0.4 is 5.32 Å². The van der Waals surface area contributed by atoms with E-state index in [0.717, 1.165) is 12.5 Å². The van der Waals surface area contributed by atoms with E-state index in [4.69, 9.17) is 21.4 Å². The summed E-state index contributed by atoms with van der Waals surface area (Å²) in [5.41, 5.74) is 0.645. The van der Waals surface area contributed by atoms with E-state index in [2.05, 4.69) is 10.3 Å². The average molecular weight is 299 g/mol. The first-order valence-electron chi connectivity index (χ1n) is 6.41. The van der Waals surface area contributed by atoms with Crippen LogP contribution in [0.4, 0.5) is 5.82 Å². The van der Waals surface area contributed by atoms with Crippen LogP contribution in [0.3, 0.4) is 0 Å². The minimum absolute atomic E-state index is 0.233. The summed E-state index contributed by atoms with van der Waals surface area (Å²) in [4.78, 5) is 14.6. The molecule has 20 heavy (non-hydrogen) atoms. The smallest absolute Gasteiger partial charge is 0.328 e. The molecular weight excluding hydrogens is 280 g/mol. The van der Waals surface area contributed by atoms with Crippen molar-refractivity contribution in [3.05, 3.63) is 28.9 Å². The predicted octanol–water partition coefficient (Wildman–Crippen LogP) is 3.06. The summed E-state index contributed by atoms with van der Waals surface area (Å²) in [6.45, 7) is 5.38. The number of nitrogens with one attached hydrogen (secondary N) is 1. The lowest BCUT2D eigenvalue weighted by Crippen LogP contribution is -2.10. The zero-order valence-corrected chi connectivity index (χ0v) is 12.4. The van der Waals surface area contributed by atoms with Gasteiger partial charge in [0.1, 0.15) is 5.82 Å². The number of halogens is 1. The number of ether oxygens (including phenoxy) is 1. The van der Waals surface area contributed by atoms with Gasteiger partial charge in [-0.15, -0.1) is 0 Å². The van der Waals surface area contributed by atoms with Crippen LogP contribution >= 0.6 is 11.6 Å². The van der Waals surface area contributed by atoms with Gasteiger partial charge in [0.05, 0.1) is 11.1 Å². The van der Waals surface area contributed by atoms with Crippen LogP contribution in [-0.4, -0.2) is 35.3 Å². The number of hydrogen-bond acceptors (Lipinski definition) is 4. The normalized spacial score (nSPS) is 11.2. The van der Waals surface area contributed by atoms with Gasteiger partial charge in [0.25, 0.3) is 0 Å². The Morgan fingerprint density at radius 2 is 2.35 bits per heavy atom. The Bertz CT molecular complexity index is 475. The number of hydrogen-bond donors (Lipinski definition) is 2. The Labute approximate surface area is 123 Å². The summed E-state index contributed by atoms with van der Waals surface area (Å²) >= 11 is 6.07. The Balaban J connectivity index is 2.45. The molecule has 0 aliphatic heterocycles. The lowest BCUT2D eigenvalue weighted by Gasteiger charge is -2.09. The number of aromatic nitrogens is 1. The summed E-state index contributed by atoms with van der Waals surface area (Å²) in [5.74, 6) is -0.419. The van der Waals surface area contributed by atoms with Crippen LogP contribution in [0.1, 0.15) is 25.8 Å². The molecule has 0 saturated heterocycles. The molecule has 1 aromatic rings. The highest BCUT2D eigenvalue weighted by Crippen LogP contribution is 2.20. The van der Waals surface area contributed by atoms with Crippen molar-refractivity contribution in [1.82, 2.24) is 4.98 Å². The topological polar surface area (TPSA) is 71.5 Å². The molecule has 2 N–H and O–H groups in total. The number of carboxylic acids is 1. The van der Waals surface area contributed by atoms with Crippen LogP contribution in [0, 0.1) is 0 Å². The molecule has 1 aromatic heterocycles. The summed E-state index contributed by atoms with van der Waals surface area (Å²) in [6, 6.07) is 1.67. The molecule has 0 atom stereocenters. The maximum absolute atomic E-state index is 10.4. The first-order chi connectivity index (χ1) is 9.49. The molecule has 0 aliphatic carbocycles. The third-order valence-corrected chi connectivity index (χ3v) is 2.63. The second-order valence-electron chi connectivity index (χ2n) is 4.47. The summed E-state index contributed by atoms with van der Waals surface area (Å²) in [5, 5.41) is 12.1. The molecule has 6 heteroatoms. The lowest BCUT2D eigenvalue weighted by molar-refractivity contribution is -0.131. The van der Waals surface area contributed by atoms with Crippen molar-refractivity contribution in [1.29, 1.82) is 0 Å². The fourth-order valence-electron chi connectivity index (χ4n) is 1.44. The monoisotopic (exact) mass is 298 g/mol. The van der Waals surface area contributed by atoms with Crippen LogP contribution in [0.25, 0.3) is 6.08 Å². The molecule has 1 rings (SSSR count). The van der Waals surface area contributed by atoms with Crippen molar-refractivity contribution in [3.8, 4) is 0 Å².